The highest BCUT2D eigenvalue weighted by atomic mass is 32.1. The summed E-state index contributed by atoms with van der Waals surface area (Å²) in [5.74, 6) is -1.69. The number of benzene rings is 2. The topological polar surface area (TPSA) is 53.4 Å². The minimum absolute atomic E-state index is 0.291. The van der Waals surface area contributed by atoms with E-state index in [0.29, 0.717) is 11.7 Å². The van der Waals surface area contributed by atoms with Crippen molar-refractivity contribution in [3.63, 3.8) is 0 Å². The van der Waals surface area contributed by atoms with Crippen molar-refractivity contribution < 1.29 is 14.3 Å². The lowest BCUT2D eigenvalue weighted by atomic mass is 10.1. The van der Waals surface area contributed by atoms with Crippen LogP contribution in [0.15, 0.2) is 60.0 Å². The van der Waals surface area contributed by atoms with Crippen LogP contribution < -0.4 is 4.90 Å². The van der Waals surface area contributed by atoms with Crippen molar-refractivity contribution in [3.8, 4) is 11.3 Å². The summed E-state index contributed by atoms with van der Waals surface area (Å²) in [6.07, 6.45) is 0. The van der Waals surface area contributed by atoms with E-state index in [2.05, 4.69) is 4.98 Å². The Morgan fingerprint density at radius 3 is 2.52 bits per heavy atom. The van der Waals surface area contributed by atoms with Gasteiger partial charge in [-0.2, -0.15) is 0 Å². The minimum Gasteiger partial charge on any atom is -0.481 e. The third-order valence-corrected chi connectivity index (χ3v) is 4.67. The zero-order valence-electron chi connectivity index (χ0n) is 13.6. The first-order valence-corrected chi connectivity index (χ1v) is 8.69. The van der Waals surface area contributed by atoms with Crippen molar-refractivity contribution in [2.24, 2.45) is 5.92 Å². The highest BCUT2D eigenvalue weighted by molar-refractivity contribution is 7.14. The average Bonchev–Trinajstić information content (AvgIpc) is 3.10. The number of carboxylic acid groups (broad SMARTS) is 1. The molecule has 1 heterocycles. The third-order valence-electron chi connectivity index (χ3n) is 3.81. The zero-order chi connectivity index (χ0) is 17.8. The molecule has 25 heavy (non-hydrogen) atoms. The van der Waals surface area contributed by atoms with E-state index in [4.69, 9.17) is 0 Å². The van der Waals surface area contributed by atoms with Crippen molar-refractivity contribution in [2.45, 2.75) is 6.92 Å². The van der Waals surface area contributed by atoms with E-state index in [1.54, 1.807) is 19.1 Å². The van der Waals surface area contributed by atoms with Gasteiger partial charge in [0, 0.05) is 23.2 Å². The molecule has 2 aromatic carbocycles. The van der Waals surface area contributed by atoms with Crippen LogP contribution in [0, 0.1) is 11.7 Å². The molecule has 1 N–H and O–H groups in total. The molecule has 0 bridgehead atoms. The minimum atomic E-state index is -0.851. The lowest BCUT2D eigenvalue weighted by molar-refractivity contribution is -0.140. The van der Waals surface area contributed by atoms with Gasteiger partial charge in [0.25, 0.3) is 0 Å². The van der Waals surface area contributed by atoms with Gasteiger partial charge in [0.2, 0.25) is 0 Å². The summed E-state index contributed by atoms with van der Waals surface area (Å²) < 4.78 is 13.1. The van der Waals surface area contributed by atoms with E-state index < -0.39 is 11.9 Å². The lowest BCUT2D eigenvalue weighted by Gasteiger charge is -2.23. The first-order chi connectivity index (χ1) is 12.0. The van der Waals surface area contributed by atoms with Crippen LogP contribution in [-0.2, 0) is 4.79 Å². The molecule has 1 atom stereocenters. The van der Waals surface area contributed by atoms with E-state index in [1.165, 1.54) is 23.5 Å². The number of carboxylic acids is 1. The molecule has 0 aliphatic heterocycles. The molecule has 0 aliphatic rings. The van der Waals surface area contributed by atoms with Crippen LogP contribution in [0.3, 0.4) is 0 Å². The first-order valence-electron chi connectivity index (χ1n) is 7.81. The summed E-state index contributed by atoms with van der Waals surface area (Å²) in [6.45, 7) is 1.99. The molecule has 0 aliphatic carbocycles. The van der Waals surface area contributed by atoms with Gasteiger partial charge in [-0.1, -0.05) is 25.1 Å². The van der Waals surface area contributed by atoms with E-state index >= 15 is 0 Å². The van der Waals surface area contributed by atoms with Gasteiger partial charge in [0.05, 0.1) is 11.6 Å². The second-order valence-corrected chi connectivity index (χ2v) is 6.54. The maximum Gasteiger partial charge on any atom is 0.308 e. The fraction of sp³-hybridized carbons (Fsp3) is 0.158. The van der Waals surface area contributed by atoms with Gasteiger partial charge in [-0.25, -0.2) is 9.37 Å². The Morgan fingerprint density at radius 2 is 1.88 bits per heavy atom. The molecular formula is C19H17FN2O2S. The predicted octanol–water partition coefficient (Wildman–Crippen LogP) is 4.81. The van der Waals surface area contributed by atoms with Gasteiger partial charge < -0.3 is 10.0 Å². The standard InChI is InChI=1S/C19H17FN2O2S/c1-13(18(23)24)11-22(16-5-3-2-4-6-16)19-21-17(12-25-19)14-7-9-15(20)10-8-14/h2-10,12-13H,11H2,1H3,(H,23,24). The fourth-order valence-corrected chi connectivity index (χ4v) is 3.26. The van der Waals surface area contributed by atoms with Crippen LogP contribution in [0.5, 0.6) is 0 Å². The zero-order valence-corrected chi connectivity index (χ0v) is 14.4. The van der Waals surface area contributed by atoms with Gasteiger partial charge in [-0.3, -0.25) is 4.79 Å². The fourth-order valence-electron chi connectivity index (χ4n) is 2.40. The maximum absolute atomic E-state index is 13.1. The van der Waals surface area contributed by atoms with Gasteiger partial charge in [-0.15, -0.1) is 11.3 Å². The number of para-hydroxylation sites is 1. The van der Waals surface area contributed by atoms with Crippen LogP contribution >= 0.6 is 11.3 Å². The molecule has 1 aromatic heterocycles. The van der Waals surface area contributed by atoms with Crippen LogP contribution in [0.1, 0.15) is 6.92 Å². The Balaban J connectivity index is 1.93. The summed E-state index contributed by atoms with van der Waals surface area (Å²) in [6, 6.07) is 15.7. The molecule has 3 rings (SSSR count). The molecule has 4 nitrogen and oxygen atoms in total. The van der Waals surface area contributed by atoms with Gasteiger partial charge >= 0.3 is 5.97 Å². The first kappa shape index (κ1) is 17.1. The number of nitrogens with zero attached hydrogens (tertiary/aromatic N) is 2. The van der Waals surface area contributed by atoms with E-state index in [9.17, 15) is 14.3 Å². The molecule has 128 valence electrons. The SMILES string of the molecule is CC(CN(c1ccccc1)c1nc(-c2ccc(F)cc2)cs1)C(=O)O. The van der Waals surface area contributed by atoms with Crippen LogP contribution in [0.4, 0.5) is 15.2 Å². The number of anilines is 2. The molecular weight excluding hydrogens is 339 g/mol. The number of halogens is 1. The Hall–Kier alpha value is -2.73. The van der Waals surface area contributed by atoms with Crippen molar-refractivity contribution in [2.75, 3.05) is 11.4 Å². The molecule has 1 unspecified atom stereocenters. The molecule has 0 saturated carbocycles. The maximum atomic E-state index is 13.1. The molecule has 0 saturated heterocycles. The Bertz CT molecular complexity index is 849. The quantitative estimate of drug-likeness (QED) is 0.689. The highest BCUT2D eigenvalue weighted by Gasteiger charge is 2.20. The largest absolute Gasteiger partial charge is 0.481 e. The smallest absolute Gasteiger partial charge is 0.308 e. The second kappa shape index (κ2) is 7.44. The average molecular weight is 356 g/mol. The van der Waals surface area contributed by atoms with Gasteiger partial charge in [0.15, 0.2) is 5.13 Å². The second-order valence-electron chi connectivity index (χ2n) is 5.71. The number of aromatic nitrogens is 1. The normalized spacial score (nSPS) is 11.9. The number of aliphatic carboxylic acids is 1. The molecule has 0 radical (unpaired) electrons. The van der Waals surface area contributed by atoms with Crippen molar-refractivity contribution in [1.29, 1.82) is 0 Å². The Labute approximate surface area is 149 Å². The molecule has 0 spiro atoms. The van der Waals surface area contributed by atoms with E-state index in [0.717, 1.165) is 16.9 Å². The summed E-state index contributed by atoms with van der Waals surface area (Å²) in [5, 5.41) is 11.9. The molecule has 0 fully saturated rings. The Kier molecular flexibility index (Phi) is 5.09. The third kappa shape index (κ3) is 4.03. The number of thiazole rings is 1. The molecule has 0 amide bonds. The monoisotopic (exact) mass is 356 g/mol. The van der Waals surface area contributed by atoms with E-state index in [-0.39, 0.29) is 5.82 Å². The summed E-state index contributed by atoms with van der Waals surface area (Å²) in [5.41, 5.74) is 2.45. The summed E-state index contributed by atoms with van der Waals surface area (Å²) >= 11 is 1.43. The van der Waals surface area contributed by atoms with Crippen molar-refractivity contribution in [3.05, 3.63) is 65.8 Å². The molecule has 3 aromatic rings. The van der Waals surface area contributed by atoms with Crippen molar-refractivity contribution >= 4 is 28.1 Å². The highest BCUT2D eigenvalue weighted by Crippen LogP contribution is 2.32. The Morgan fingerprint density at radius 1 is 1.20 bits per heavy atom. The van der Waals surface area contributed by atoms with Gasteiger partial charge in [0.1, 0.15) is 5.82 Å². The van der Waals surface area contributed by atoms with Gasteiger partial charge in [-0.05, 0) is 36.4 Å². The van der Waals surface area contributed by atoms with E-state index in [1.807, 2.05) is 40.6 Å². The summed E-state index contributed by atoms with van der Waals surface area (Å²) in [4.78, 5) is 17.8. The predicted molar refractivity (Wildman–Crippen MR) is 97.8 cm³/mol. The van der Waals surface area contributed by atoms with Crippen LogP contribution in [-0.4, -0.2) is 22.6 Å². The lowest BCUT2D eigenvalue weighted by Crippen LogP contribution is -2.28. The molecule has 6 heteroatoms. The van der Waals surface area contributed by atoms with Crippen LogP contribution in [0.25, 0.3) is 11.3 Å². The number of rotatable bonds is 6. The summed E-state index contributed by atoms with van der Waals surface area (Å²) in [7, 11) is 0. The number of hydrogen-bond acceptors (Lipinski definition) is 4. The van der Waals surface area contributed by atoms with Crippen LogP contribution in [0.2, 0.25) is 0 Å². The number of carbonyl (C=O) groups is 1. The number of hydrogen-bond donors (Lipinski definition) is 1. The van der Waals surface area contributed by atoms with Crippen molar-refractivity contribution in [1.82, 2.24) is 4.98 Å².